The third kappa shape index (κ3) is 6.02. The molecule has 0 saturated heterocycles. The predicted octanol–water partition coefficient (Wildman–Crippen LogP) is 4.96. The van der Waals surface area contributed by atoms with Crippen LogP contribution >= 0.6 is 11.3 Å². The van der Waals surface area contributed by atoms with Gasteiger partial charge in [0.05, 0.1) is 52.8 Å². The molecule has 13 heteroatoms. The van der Waals surface area contributed by atoms with E-state index >= 15 is 0 Å². The van der Waals surface area contributed by atoms with Crippen LogP contribution in [-0.2, 0) is 9.53 Å². The van der Waals surface area contributed by atoms with Gasteiger partial charge in [-0.15, -0.1) is 0 Å². The Hall–Kier alpha value is -5.82. The summed E-state index contributed by atoms with van der Waals surface area (Å²) in [5.41, 5.74) is 2.96. The van der Waals surface area contributed by atoms with Crippen LogP contribution < -0.4 is 24.4 Å². The van der Waals surface area contributed by atoms with E-state index in [4.69, 9.17) is 19.3 Å². The fraction of sp³-hybridized carbons (Fsp3) is 0.200. The molecular weight excluding hydrogens is 634 g/mol. The first-order valence-electron chi connectivity index (χ1n) is 14.9. The van der Waals surface area contributed by atoms with Crippen LogP contribution in [-0.4, -0.2) is 45.6 Å². The maximum Gasteiger partial charge on any atom is 0.338 e. The van der Waals surface area contributed by atoms with Crippen molar-refractivity contribution in [2.45, 2.75) is 32.9 Å². The smallest absolute Gasteiger partial charge is 0.338 e. The summed E-state index contributed by atoms with van der Waals surface area (Å²) in [5.74, 6) is 0.176. The summed E-state index contributed by atoms with van der Waals surface area (Å²) in [6.45, 7) is 5.25. The minimum Gasteiger partial charge on any atom is -0.497 e. The molecule has 0 amide bonds. The van der Waals surface area contributed by atoms with Gasteiger partial charge in [-0.1, -0.05) is 41.7 Å². The number of hydrogen-bond acceptors (Lipinski definition) is 10. The normalized spacial score (nSPS) is 14.5. The Kier molecular flexibility index (Phi) is 8.78. The van der Waals surface area contributed by atoms with Gasteiger partial charge in [0.25, 0.3) is 5.56 Å². The molecule has 0 saturated carbocycles. The highest BCUT2D eigenvalue weighted by Gasteiger charge is 2.34. The zero-order chi connectivity index (χ0) is 34.1. The number of esters is 1. The number of benzene rings is 3. The maximum absolute atomic E-state index is 14.3. The molecule has 0 bridgehead atoms. The number of thiazole rings is 1. The lowest BCUT2D eigenvalue weighted by Crippen LogP contribution is -2.40. The largest absolute Gasteiger partial charge is 0.497 e. The number of aromatic nitrogens is 3. The average Bonchev–Trinajstić information content (AvgIpc) is 3.64. The molecule has 1 aliphatic rings. The lowest BCUT2D eigenvalue weighted by Gasteiger charge is -2.25. The molecule has 0 spiro atoms. The molecule has 3 aromatic carbocycles. The quantitative estimate of drug-likeness (QED) is 0.122. The summed E-state index contributed by atoms with van der Waals surface area (Å²) in [4.78, 5) is 44.2. The Labute approximate surface area is 278 Å². The van der Waals surface area contributed by atoms with E-state index in [2.05, 4.69) is 4.99 Å². The number of nitro groups is 1. The molecule has 3 heterocycles. The van der Waals surface area contributed by atoms with Gasteiger partial charge < -0.3 is 14.2 Å². The first-order chi connectivity index (χ1) is 23.1. The molecule has 0 fully saturated rings. The predicted molar refractivity (Wildman–Crippen MR) is 180 cm³/mol. The number of nitro benzene ring substituents is 1. The number of methoxy groups -OCH3 is 2. The van der Waals surface area contributed by atoms with E-state index in [1.807, 2.05) is 30.3 Å². The monoisotopic (exact) mass is 665 g/mol. The molecule has 0 N–H and O–H groups in total. The number of carbonyl (C=O) groups is 1. The topological polar surface area (TPSA) is 140 Å². The summed E-state index contributed by atoms with van der Waals surface area (Å²) >= 11 is 1.17. The highest BCUT2D eigenvalue weighted by Crippen LogP contribution is 2.34. The summed E-state index contributed by atoms with van der Waals surface area (Å²) < 4.78 is 19.6. The summed E-state index contributed by atoms with van der Waals surface area (Å²) in [6, 6.07) is 20.3. The van der Waals surface area contributed by atoms with Crippen LogP contribution in [0, 0.1) is 10.1 Å². The lowest BCUT2D eigenvalue weighted by atomic mass is 9.96. The van der Waals surface area contributed by atoms with Gasteiger partial charge >= 0.3 is 11.7 Å². The molecule has 6 rings (SSSR count). The standard InChI is InChI=1S/C35H31N5O7S/c1-20(2)47-34(42)30-21(3)36-35-39(32(30)22-11-14-26(45-4)15-12-22)33(41)29(48-35)18-24-19-38(25-9-7-6-8-10-25)37-31(24)23-13-16-28(46-5)27(17-23)40(43)44/h6-20,32H,1-5H3/b29-18+/t32-/m0/s1. The number of fused-ring (bicyclic) bond motifs is 1. The SMILES string of the molecule is COc1ccc([C@H]2C(C(=O)OC(C)C)=C(C)N=c3s/c(=C/c4cn(-c5ccccc5)nc4-c4ccc(OC)c([N+](=O)[O-])c4)c(=O)n32)cc1. The Morgan fingerprint density at radius 2 is 1.77 bits per heavy atom. The van der Waals surface area contributed by atoms with E-state index in [1.54, 1.807) is 75.2 Å². The average molecular weight is 666 g/mol. The van der Waals surface area contributed by atoms with Gasteiger partial charge in [-0.3, -0.25) is 19.5 Å². The van der Waals surface area contributed by atoms with Crippen LogP contribution in [0.3, 0.4) is 0 Å². The van der Waals surface area contributed by atoms with E-state index < -0.39 is 16.9 Å². The first-order valence-corrected chi connectivity index (χ1v) is 15.8. The van der Waals surface area contributed by atoms with Crippen molar-refractivity contribution in [1.29, 1.82) is 0 Å². The van der Waals surface area contributed by atoms with Crippen LogP contribution in [0.2, 0.25) is 0 Å². The molecule has 0 aliphatic carbocycles. The first kappa shape index (κ1) is 32.1. The molecule has 244 valence electrons. The summed E-state index contributed by atoms with van der Waals surface area (Å²) in [5, 5.41) is 16.6. The fourth-order valence-electron chi connectivity index (χ4n) is 5.51. The number of nitrogens with zero attached hydrogens (tertiary/aromatic N) is 5. The van der Waals surface area contributed by atoms with Gasteiger partial charge in [0.15, 0.2) is 10.6 Å². The second-order valence-electron chi connectivity index (χ2n) is 11.2. The zero-order valence-corrected chi connectivity index (χ0v) is 27.6. The molecular formula is C35H31N5O7S. The van der Waals surface area contributed by atoms with Gasteiger partial charge in [0.1, 0.15) is 11.4 Å². The Morgan fingerprint density at radius 3 is 2.42 bits per heavy atom. The summed E-state index contributed by atoms with van der Waals surface area (Å²) in [7, 11) is 2.93. The van der Waals surface area contributed by atoms with E-state index in [-0.39, 0.29) is 28.7 Å². The Balaban J connectivity index is 1.56. The van der Waals surface area contributed by atoms with Crippen LogP contribution in [0.25, 0.3) is 23.0 Å². The highest BCUT2D eigenvalue weighted by atomic mass is 32.1. The third-order valence-corrected chi connectivity index (χ3v) is 8.70. The van der Waals surface area contributed by atoms with Gasteiger partial charge in [0.2, 0.25) is 0 Å². The second-order valence-corrected chi connectivity index (χ2v) is 12.2. The van der Waals surface area contributed by atoms with Crippen molar-refractivity contribution >= 4 is 29.1 Å². The zero-order valence-electron chi connectivity index (χ0n) is 26.7. The van der Waals surface area contributed by atoms with E-state index in [1.165, 1.54) is 35.1 Å². The minimum atomic E-state index is -0.809. The number of allylic oxidation sites excluding steroid dienone is 1. The molecule has 0 radical (unpaired) electrons. The fourth-order valence-corrected chi connectivity index (χ4v) is 6.55. The number of rotatable bonds is 9. The van der Waals surface area contributed by atoms with E-state index in [0.29, 0.717) is 43.2 Å². The number of hydrogen-bond donors (Lipinski definition) is 0. The van der Waals surface area contributed by atoms with Crippen LogP contribution in [0.5, 0.6) is 11.5 Å². The van der Waals surface area contributed by atoms with Crippen LogP contribution in [0.1, 0.15) is 37.9 Å². The van der Waals surface area contributed by atoms with Crippen molar-refractivity contribution in [3.63, 3.8) is 0 Å². The van der Waals surface area contributed by atoms with E-state index in [0.717, 1.165) is 5.69 Å². The maximum atomic E-state index is 14.3. The lowest BCUT2D eigenvalue weighted by molar-refractivity contribution is -0.385. The van der Waals surface area contributed by atoms with Crippen LogP contribution in [0.4, 0.5) is 5.69 Å². The van der Waals surface area contributed by atoms with Gasteiger partial charge in [-0.25, -0.2) is 14.5 Å². The van der Waals surface area contributed by atoms with Crippen molar-refractivity contribution in [2.75, 3.05) is 14.2 Å². The van der Waals surface area contributed by atoms with Gasteiger partial charge in [-0.05, 0) is 68.8 Å². The van der Waals surface area contributed by atoms with Crippen molar-refractivity contribution in [3.8, 4) is 28.4 Å². The molecule has 1 atom stereocenters. The molecule has 1 aliphatic heterocycles. The molecule has 0 unspecified atom stereocenters. The molecule has 12 nitrogen and oxygen atoms in total. The van der Waals surface area contributed by atoms with Crippen LogP contribution in [0.15, 0.2) is 100 Å². The van der Waals surface area contributed by atoms with Gasteiger partial charge in [0, 0.05) is 23.4 Å². The molecule has 5 aromatic rings. The minimum absolute atomic E-state index is 0.113. The number of carbonyl (C=O) groups excluding carboxylic acids is 1. The Morgan fingerprint density at radius 1 is 1.04 bits per heavy atom. The highest BCUT2D eigenvalue weighted by molar-refractivity contribution is 7.07. The second kappa shape index (κ2) is 13.1. The van der Waals surface area contributed by atoms with Crippen molar-refractivity contribution in [1.82, 2.24) is 14.3 Å². The third-order valence-electron chi connectivity index (χ3n) is 7.71. The Bertz CT molecular complexity index is 2250. The van der Waals surface area contributed by atoms with Gasteiger partial charge in [-0.2, -0.15) is 5.10 Å². The summed E-state index contributed by atoms with van der Waals surface area (Å²) in [6.07, 6.45) is 3.07. The van der Waals surface area contributed by atoms with E-state index in [9.17, 15) is 19.7 Å². The number of para-hydroxylation sites is 1. The van der Waals surface area contributed by atoms with Crippen molar-refractivity contribution in [3.05, 3.63) is 131 Å². The van der Waals surface area contributed by atoms with Crippen molar-refractivity contribution < 1.29 is 23.9 Å². The molecule has 2 aromatic heterocycles. The molecule has 48 heavy (non-hydrogen) atoms. The number of ether oxygens (including phenoxy) is 3. The van der Waals surface area contributed by atoms with Crippen molar-refractivity contribution in [2.24, 2.45) is 4.99 Å².